The highest BCUT2D eigenvalue weighted by atomic mass is 35.5. The van der Waals surface area contributed by atoms with E-state index in [1.54, 1.807) is 0 Å². The van der Waals surface area contributed by atoms with Crippen LogP contribution in [0.1, 0.15) is 16.7 Å². The number of nitrogens with one attached hydrogen (secondary N) is 2. The quantitative estimate of drug-likeness (QED) is 0.741. The number of hydrogen-bond donors (Lipinski definition) is 2. The van der Waals surface area contributed by atoms with E-state index in [4.69, 9.17) is 11.6 Å². The molecule has 0 spiro atoms. The van der Waals surface area contributed by atoms with Crippen molar-refractivity contribution in [1.82, 2.24) is 10.2 Å². The molecular formula is C23H29ClN4O2. The number of hydrogen-bond acceptors (Lipinski definition) is 4. The fourth-order valence-corrected chi connectivity index (χ4v) is 4.02. The van der Waals surface area contributed by atoms with Crippen LogP contribution >= 0.6 is 11.6 Å². The topological polar surface area (TPSA) is 64.7 Å². The number of anilines is 2. The summed E-state index contributed by atoms with van der Waals surface area (Å²) in [4.78, 5) is 28.9. The average molecular weight is 429 g/mol. The first kappa shape index (κ1) is 22.1. The molecule has 6 nitrogen and oxygen atoms in total. The molecule has 0 aromatic heterocycles. The second kappa shape index (κ2) is 9.96. The van der Waals surface area contributed by atoms with Gasteiger partial charge in [0.1, 0.15) is 0 Å². The molecule has 0 atom stereocenters. The molecule has 1 aliphatic rings. The molecule has 0 saturated carbocycles. The van der Waals surface area contributed by atoms with Crippen molar-refractivity contribution in [1.29, 1.82) is 0 Å². The first-order valence-corrected chi connectivity index (χ1v) is 10.6. The molecule has 2 aromatic carbocycles. The van der Waals surface area contributed by atoms with Gasteiger partial charge in [-0.25, -0.2) is 0 Å². The molecule has 0 radical (unpaired) electrons. The summed E-state index contributed by atoms with van der Waals surface area (Å²) in [6.07, 6.45) is 0. The summed E-state index contributed by atoms with van der Waals surface area (Å²) in [6, 6.07) is 11.9. The van der Waals surface area contributed by atoms with Gasteiger partial charge in [0, 0.05) is 42.6 Å². The van der Waals surface area contributed by atoms with E-state index in [1.807, 2.05) is 57.2 Å². The lowest BCUT2D eigenvalue weighted by atomic mass is 10.1. The van der Waals surface area contributed by atoms with Crippen LogP contribution in [0.4, 0.5) is 11.4 Å². The highest BCUT2D eigenvalue weighted by Gasteiger charge is 2.19. The molecule has 2 N–H and O–H groups in total. The maximum absolute atomic E-state index is 12.3. The summed E-state index contributed by atoms with van der Waals surface area (Å²) in [6.45, 7) is 9.46. The highest BCUT2D eigenvalue weighted by molar-refractivity contribution is 6.30. The van der Waals surface area contributed by atoms with Gasteiger partial charge < -0.3 is 15.5 Å². The monoisotopic (exact) mass is 428 g/mol. The normalized spacial score (nSPS) is 14.5. The number of carbonyl (C=O) groups is 2. The summed E-state index contributed by atoms with van der Waals surface area (Å²) in [5.74, 6) is -0.358. The zero-order valence-electron chi connectivity index (χ0n) is 17.8. The Morgan fingerprint density at radius 2 is 1.63 bits per heavy atom. The fourth-order valence-electron chi connectivity index (χ4n) is 3.84. The second-order valence-corrected chi connectivity index (χ2v) is 8.28. The first-order valence-electron chi connectivity index (χ1n) is 10.2. The number of nitrogens with zero attached hydrogens (tertiary/aromatic N) is 2. The van der Waals surface area contributed by atoms with Crippen LogP contribution in [-0.4, -0.2) is 56.0 Å². The van der Waals surface area contributed by atoms with Crippen molar-refractivity contribution in [3.8, 4) is 0 Å². The SMILES string of the molecule is Cc1cc(C)c(NC(=O)CNC(=O)CN2CCN(c3cccc(Cl)c3)CC2)c(C)c1. The van der Waals surface area contributed by atoms with E-state index in [0.717, 1.165) is 59.3 Å². The largest absolute Gasteiger partial charge is 0.369 e. The van der Waals surface area contributed by atoms with E-state index in [1.165, 1.54) is 0 Å². The molecule has 2 aromatic rings. The Morgan fingerprint density at radius 1 is 0.967 bits per heavy atom. The van der Waals surface area contributed by atoms with Gasteiger partial charge in [0.2, 0.25) is 11.8 Å². The predicted molar refractivity (Wildman–Crippen MR) is 122 cm³/mol. The summed E-state index contributed by atoms with van der Waals surface area (Å²) in [5.41, 5.74) is 5.11. The van der Waals surface area contributed by atoms with Gasteiger partial charge in [-0.05, 0) is 50.1 Å². The van der Waals surface area contributed by atoms with Crippen LogP contribution in [0.15, 0.2) is 36.4 Å². The van der Waals surface area contributed by atoms with Gasteiger partial charge in [-0.1, -0.05) is 35.4 Å². The Hall–Kier alpha value is -2.57. The van der Waals surface area contributed by atoms with Gasteiger partial charge in [-0.15, -0.1) is 0 Å². The minimum atomic E-state index is -0.218. The van der Waals surface area contributed by atoms with Crippen LogP contribution in [0.5, 0.6) is 0 Å². The lowest BCUT2D eigenvalue weighted by Crippen LogP contribution is -2.50. The average Bonchev–Trinajstić information content (AvgIpc) is 2.70. The summed E-state index contributed by atoms with van der Waals surface area (Å²) in [7, 11) is 0. The smallest absolute Gasteiger partial charge is 0.243 e. The summed E-state index contributed by atoms with van der Waals surface area (Å²) in [5, 5.41) is 6.36. The molecule has 1 aliphatic heterocycles. The minimum Gasteiger partial charge on any atom is -0.369 e. The lowest BCUT2D eigenvalue weighted by Gasteiger charge is -2.35. The molecule has 2 amide bonds. The van der Waals surface area contributed by atoms with E-state index in [9.17, 15) is 9.59 Å². The van der Waals surface area contributed by atoms with E-state index in [2.05, 4.69) is 20.4 Å². The molecule has 7 heteroatoms. The highest BCUT2D eigenvalue weighted by Crippen LogP contribution is 2.22. The van der Waals surface area contributed by atoms with E-state index < -0.39 is 0 Å². The zero-order chi connectivity index (χ0) is 21.7. The van der Waals surface area contributed by atoms with Gasteiger partial charge in [0.05, 0.1) is 13.1 Å². The number of carbonyl (C=O) groups excluding carboxylic acids is 2. The molecule has 1 heterocycles. The second-order valence-electron chi connectivity index (χ2n) is 7.84. The van der Waals surface area contributed by atoms with Crippen LogP contribution in [0, 0.1) is 20.8 Å². The number of benzene rings is 2. The Kier molecular flexibility index (Phi) is 7.34. The van der Waals surface area contributed by atoms with Crippen molar-refractivity contribution in [2.45, 2.75) is 20.8 Å². The van der Waals surface area contributed by atoms with Crippen LogP contribution in [0.2, 0.25) is 5.02 Å². The van der Waals surface area contributed by atoms with Crippen LogP contribution in [0.3, 0.4) is 0 Å². The van der Waals surface area contributed by atoms with Gasteiger partial charge in [-0.3, -0.25) is 14.5 Å². The first-order chi connectivity index (χ1) is 14.3. The molecule has 160 valence electrons. The van der Waals surface area contributed by atoms with Crippen molar-refractivity contribution in [3.63, 3.8) is 0 Å². The van der Waals surface area contributed by atoms with E-state index >= 15 is 0 Å². The fraction of sp³-hybridized carbons (Fsp3) is 0.391. The van der Waals surface area contributed by atoms with Gasteiger partial charge in [-0.2, -0.15) is 0 Å². The molecule has 0 aliphatic carbocycles. The minimum absolute atomic E-state index is 0.0337. The third-order valence-electron chi connectivity index (χ3n) is 5.30. The molecule has 0 bridgehead atoms. The molecule has 30 heavy (non-hydrogen) atoms. The van der Waals surface area contributed by atoms with Crippen molar-refractivity contribution in [2.24, 2.45) is 0 Å². The maximum atomic E-state index is 12.3. The van der Waals surface area contributed by atoms with E-state index in [-0.39, 0.29) is 18.4 Å². The molecule has 1 saturated heterocycles. The van der Waals surface area contributed by atoms with Gasteiger partial charge >= 0.3 is 0 Å². The lowest BCUT2D eigenvalue weighted by molar-refractivity contribution is -0.125. The predicted octanol–water partition coefficient (Wildman–Crippen LogP) is 3.14. The number of rotatable bonds is 6. The number of piperazine rings is 1. The Morgan fingerprint density at radius 3 is 2.27 bits per heavy atom. The van der Waals surface area contributed by atoms with Crippen molar-refractivity contribution < 1.29 is 9.59 Å². The third kappa shape index (κ3) is 5.97. The number of amides is 2. The van der Waals surface area contributed by atoms with Crippen LogP contribution in [-0.2, 0) is 9.59 Å². The maximum Gasteiger partial charge on any atom is 0.243 e. The van der Waals surface area contributed by atoms with Crippen molar-refractivity contribution in [2.75, 3.05) is 49.5 Å². The standard InChI is InChI=1S/C23H29ClN4O2/c1-16-11-17(2)23(18(3)12-16)26-21(29)14-25-22(30)15-27-7-9-28(10-8-27)20-6-4-5-19(24)13-20/h4-6,11-13H,7-10,14-15H2,1-3H3,(H,25,30)(H,26,29). The number of aryl methyl sites for hydroxylation is 3. The summed E-state index contributed by atoms with van der Waals surface area (Å²) < 4.78 is 0. The third-order valence-corrected chi connectivity index (χ3v) is 5.54. The van der Waals surface area contributed by atoms with E-state index in [0.29, 0.717) is 6.54 Å². The van der Waals surface area contributed by atoms with Crippen molar-refractivity contribution in [3.05, 3.63) is 58.1 Å². The molecular weight excluding hydrogens is 400 g/mol. The van der Waals surface area contributed by atoms with Gasteiger partial charge in [0.15, 0.2) is 0 Å². The zero-order valence-corrected chi connectivity index (χ0v) is 18.6. The number of halogens is 1. The van der Waals surface area contributed by atoms with Crippen molar-refractivity contribution >= 4 is 34.8 Å². The van der Waals surface area contributed by atoms with Crippen LogP contribution < -0.4 is 15.5 Å². The molecule has 1 fully saturated rings. The molecule has 0 unspecified atom stereocenters. The van der Waals surface area contributed by atoms with Crippen LogP contribution in [0.25, 0.3) is 0 Å². The Labute approximate surface area is 183 Å². The molecule has 3 rings (SSSR count). The summed E-state index contributed by atoms with van der Waals surface area (Å²) >= 11 is 6.07. The Balaban J connectivity index is 1.42. The Bertz CT molecular complexity index is 900. The van der Waals surface area contributed by atoms with Gasteiger partial charge in [0.25, 0.3) is 0 Å².